The maximum absolute atomic E-state index is 12.6. The predicted octanol–water partition coefficient (Wildman–Crippen LogP) is 3.24. The van der Waals surface area contributed by atoms with Crippen molar-refractivity contribution in [2.75, 3.05) is 12.0 Å². The molecule has 8 heteroatoms. The summed E-state index contributed by atoms with van der Waals surface area (Å²) in [6.45, 7) is 1.60. The summed E-state index contributed by atoms with van der Waals surface area (Å²) in [4.78, 5) is 23.9. The van der Waals surface area contributed by atoms with Crippen molar-refractivity contribution >= 4 is 35.2 Å². The van der Waals surface area contributed by atoms with E-state index in [-0.39, 0.29) is 5.56 Å². The lowest BCUT2D eigenvalue weighted by Gasteiger charge is -2.14. The number of carboxylic acid groups (broad SMARTS) is 1. The summed E-state index contributed by atoms with van der Waals surface area (Å²) in [7, 11) is 0. The lowest BCUT2D eigenvalue weighted by molar-refractivity contribution is -0.139. The van der Waals surface area contributed by atoms with Crippen molar-refractivity contribution in [3.8, 4) is 11.3 Å². The highest BCUT2D eigenvalue weighted by atomic mass is 35.5. The maximum atomic E-state index is 12.6. The summed E-state index contributed by atoms with van der Waals surface area (Å²) in [5, 5.41) is 16.1. The van der Waals surface area contributed by atoms with Crippen LogP contribution in [-0.2, 0) is 4.79 Å². The summed E-state index contributed by atoms with van der Waals surface area (Å²) < 4.78 is 5.13. The Morgan fingerprint density at radius 3 is 2.75 bits per heavy atom. The van der Waals surface area contributed by atoms with Crippen molar-refractivity contribution in [1.29, 1.82) is 0 Å². The van der Waals surface area contributed by atoms with Crippen molar-refractivity contribution < 1.29 is 19.2 Å². The molecule has 0 spiro atoms. The van der Waals surface area contributed by atoms with E-state index < -0.39 is 17.9 Å². The summed E-state index contributed by atoms with van der Waals surface area (Å²) in [6, 6.07) is 5.96. The molecule has 1 unspecified atom stereocenters. The second kappa shape index (κ2) is 8.21. The molecule has 128 valence electrons. The van der Waals surface area contributed by atoms with Crippen molar-refractivity contribution in [3.05, 3.63) is 40.6 Å². The highest BCUT2D eigenvalue weighted by molar-refractivity contribution is 7.98. The Hall–Kier alpha value is -1.99. The number of hydrogen-bond donors (Lipinski definition) is 2. The van der Waals surface area contributed by atoms with E-state index in [2.05, 4.69) is 10.5 Å². The van der Waals surface area contributed by atoms with E-state index in [4.69, 9.17) is 16.1 Å². The Labute approximate surface area is 148 Å². The predicted molar refractivity (Wildman–Crippen MR) is 93.6 cm³/mol. The first-order valence-corrected chi connectivity index (χ1v) is 8.96. The molecule has 2 N–H and O–H groups in total. The first-order chi connectivity index (χ1) is 11.5. The second-order valence-corrected chi connectivity index (χ2v) is 6.48. The average Bonchev–Trinajstić information content (AvgIpc) is 2.93. The number of aromatic nitrogens is 1. The van der Waals surface area contributed by atoms with Gasteiger partial charge in [-0.3, -0.25) is 4.79 Å². The zero-order valence-electron chi connectivity index (χ0n) is 13.2. The average molecular weight is 369 g/mol. The number of carbonyl (C=O) groups excluding carboxylic acids is 1. The van der Waals surface area contributed by atoms with Gasteiger partial charge in [0.05, 0.1) is 5.02 Å². The van der Waals surface area contributed by atoms with E-state index in [1.54, 1.807) is 31.2 Å². The molecule has 0 aliphatic carbocycles. The molecular formula is C16H17ClN2O4S. The molecule has 0 saturated carbocycles. The van der Waals surface area contributed by atoms with Crippen molar-refractivity contribution in [2.24, 2.45) is 0 Å². The van der Waals surface area contributed by atoms with E-state index in [9.17, 15) is 14.7 Å². The van der Waals surface area contributed by atoms with Crippen LogP contribution in [0, 0.1) is 6.92 Å². The number of rotatable bonds is 7. The molecule has 1 atom stereocenters. The number of nitrogens with zero attached hydrogens (tertiary/aromatic N) is 1. The van der Waals surface area contributed by atoms with Crippen LogP contribution in [0.1, 0.15) is 22.5 Å². The van der Waals surface area contributed by atoms with Crippen molar-refractivity contribution in [2.45, 2.75) is 19.4 Å². The Bertz CT molecular complexity index is 747. The number of hydrogen-bond acceptors (Lipinski definition) is 5. The van der Waals surface area contributed by atoms with Crippen LogP contribution < -0.4 is 5.32 Å². The molecule has 0 saturated heterocycles. The van der Waals surface area contributed by atoms with Gasteiger partial charge in [-0.15, -0.1) is 0 Å². The topological polar surface area (TPSA) is 92.4 Å². The quantitative estimate of drug-likeness (QED) is 0.779. The van der Waals surface area contributed by atoms with Crippen LogP contribution in [0.4, 0.5) is 0 Å². The molecule has 1 aromatic carbocycles. The Morgan fingerprint density at radius 1 is 1.42 bits per heavy atom. The van der Waals surface area contributed by atoms with Crippen molar-refractivity contribution in [3.63, 3.8) is 0 Å². The molecule has 24 heavy (non-hydrogen) atoms. The minimum atomic E-state index is -1.08. The number of halogens is 1. The fraction of sp³-hybridized carbons (Fsp3) is 0.312. The third-order valence-electron chi connectivity index (χ3n) is 3.43. The minimum Gasteiger partial charge on any atom is -0.480 e. The van der Waals surface area contributed by atoms with Gasteiger partial charge in [-0.05, 0) is 31.4 Å². The number of aliphatic carboxylic acids is 1. The molecular weight excluding hydrogens is 352 g/mol. The molecule has 0 aliphatic rings. The number of carboxylic acids is 1. The van der Waals surface area contributed by atoms with E-state index in [1.807, 2.05) is 6.26 Å². The minimum absolute atomic E-state index is 0.193. The molecule has 0 radical (unpaired) electrons. The molecule has 6 nitrogen and oxygen atoms in total. The molecule has 2 rings (SSSR count). The number of amides is 1. The van der Waals surface area contributed by atoms with Crippen LogP contribution >= 0.6 is 23.4 Å². The third-order valence-corrected chi connectivity index (χ3v) is 4.41. The summed E-state index contributed by atoms with van der Waals surface area (Å²) in [5.74, 6) is -0.698. The fourth-order valence-corrected chi connectivity index (χ4v) is 2.90. The highest BCUT2D eigenvalue weighted by Crippen LogP contribution is 2.31. The summed E-state index contributed by atoms with van der Waals surface area (Å²) in [6.07, 6.45) is 2.20. The zero-order chi connectivity index (χ0) is 17.7. The smallest absolute Gasteiger partial charge is 0.326 e. The number of benzene rings is 1. The van der Waals surface area contributed by atoms with Crippen LogP contribution in [0.5, 0.6) is 0 Å². The van der Waals surface area contributed by atoms with E-state index in [1.165, 1.54) is 11.8 Å². The number of nitrogens with one attached hydrogen (secondary N) is 1. The lowest BCUT2D eigenvalue weighted by Crippen LogP contribution is -2.41. The largest absolute Gasteiger partial charge is 0.480 e. The summed E-state index contributed by atoms with van der Waals surface area (Å²) >= 11 is 7.67. The molecule has 0 bridgehead atoms. The number of aryl methyl sites for hydroxylation is 1. The SMILES string of the molecule is CSCCC(NC(=O)c1c(-c2ccccc2Cl)noc1C)C(=O)O. The normalized spacial score (nSPS) is 12.0. The van der Waals surface area contributed by atoms with Crippen LogP contribution in [0.3, 0.4) is 0 Å². The Morgan fingerprint density at radius 2 is 2.12 bits per heavy atom. The lowest BCUT2D eigenvalue weighted by atomic mass is 10.0. The van der Waals surface area contributed by atoms with Gasteiger partial charge < -0.3 is 14.9 Å². The van der Waals surface area contributed by atoms with Gasteiger partial charge in [-0.1, -0.05) is 35.0 Å². The maximum Gasteiger partial charge on any atom is 0.326 e. The van der Waals surface area contributed by atoms with Gasteiger partial charge in [-0.2, -0.15) is 11.8 Å². The van der Waals surface area contributed by atoms with E-state index >= 15 is 0 Å². The van der Waals surface area contributed by atoms with E-state index in [0.29, 0.717) is 34.2 Å². The zero-order valence-corrected chi connectivity index (χ0v) is 14.8. The van der Waals surface area contributed by atoms with Crippen LogP contribution in [-0.4, -0.2) is 40.2 Å². The highest BCUT2D eigenvalue weighted by Gasteiger charge is 2.27. The van der Waals surface area contributed by atoms with Gasteiger partial charge in [-0.25, -0.2) is 4.79 Å². The van der Waals surface area contributed by atoms with Crippen molar-refractivity contribution in [1.82, 2.24) is 10.5 Å². The monoisotopic (exact) mass is 368 g/mol. The molecule has 1 heterocycles. The molecule has 1 amide bonds. The molecule has 0 fully saturated rings. The summed E-state index contributed by atoms with van der Waals surface area (Å²) in [5.41, 5.74) is 1.04. The number of thioether (sulfide) groups is 1. The first-order valence-electron chi connectivity index (χ1n) is 7.19. The second-order valence-electron chi connectivity index (χ2n) is 5.09. The van der Waals surface area contributed by atoms with Crippen LogP contribution in [0.2, 0.25) is 5.02 Å². The Balaban J connectivity index is 2.32. The van der Waals surface area contributed by atoms with Gasteiger partial charge in [0.25, 0.3) is 5.91 Å². The molecule has 2 aromatic rings. The van der Waals surface area contributed by atoms with Gasteiger partial charge in [0, 0.05) is 5.56 Å². The first kappa shape index (κ1) is 18.4. The van der Waals surface area contributed by atoms with Crippen LogP contribution in [0.25, 0.3) is 11.3 Å². The van der Waals surface area contributed by atoms with Crippen LogP contribution in [0.15, 0.2) is 28.8 Å². The number of carbonyl (C=O) groups is 2. The Kier molecular flexibility index (Phi) is 6.28. The van der Waals surface area contributed by atoms with Gasteiger partial charge in [0.1, 0.15) is 23.1 Å². The van der Waals surface area contributed by atoms with Gasteiger partial charge in [0.2, 0.25) is 0 Å². The standard InChI is InChI=1S/C16H17ClN2O4S/c1-9-13(15(20)18-12(16(21)22)7-8-24-2)14(19-23-9)10-5-3-4-6-11(10)17/h3-6,12H,7-8H2,1-2H3,(H,18,20)(H,21,22). The molecule has 1 aromatic heterocycles. The third kappa shape index (κ3) is 4.10. The van der Waals surface area contributed by atoms with Gasteiger partial charge >= 0.3 is 5.97 Å². The van der Waals surface area contributed by atoms with E-state index in [0.717, 1.165) is 0 Å². The fourth-order valence-electron chi connectivity index (χ4n) is 2.20. The molecule has 0 aliphatic heterocycles. The van der Waals surface area contributed by atoms with Gasteiger partial charge in [0.15, 0.2) is 0 Å².